The number of rotatable bonds is 4. The molecule has 4 nitrogen and oxygen atoms in total. The SMILES string of the molecule is N#CCC(C(=O)O)C1CCC(c2ccnc3ccc(F)cc23)CC1. The number of pyridine rings is 1. The van der Waals surface area contributed by atoms with Crippen molar-refractivity contribution in [3.63, 3.8) is 0 Å². The molecule has 0 bridgehead atoms. The van der Waals surface area contributed by atoms with Crippen molar-refractivity contribution in [3.8, 4) is 6.07 Å². The second kappa shape index (κ2) is 6.96. The van der Waals surface area contributed by atoms with E-state index in [0.29, 0.717) is 0 Å². The fraction of sp³-hybridized carbons (Fsp3) is 0.421. The van der Waals surface area contributed by atoms with Gasteiger partial charge in [0.05, 0.1) is 17.5 Å². The highest BCUT2D eigenvalue weighted by molar-refractivity contribution is 5.82. The molecule has 1 saturated carbocycles. The van der Waals surface area contributed by atoms with Crippen LogP contribution >= 0.6 is 0 Å². The van der Waals surface area contributed by atoms with Gasteiger partial charge in [-0.25, -0.2) is 4.39 Å². The van der Waals surface area contributed by atoms with Gasteiger partial charge in [-0.05, 0) is 67.3 Å². The number of carboxylic acids is 1. The van der Waals surface area contributed by atoms with E-state index in [1.807, 2.05) is 12.1 Å². The summed E-state index contributed by atoms with van der Waals surface area (Å²) in [5.41, 5.74) is 1.87. The molecule has 3 rings (SSSR count). The number of carbonyl (C=O) groups is 1. The van der Waals surface area contributed by atoms with Crippen molar-refractivity contribution < 1.29 is 14.3 Å². The van der Waals surface area contributed by atoms with Gasteiger partial charge in [0.25, 0.3) is 0 Å². The predicted molar refractivity (Wildman–Crippen MR) is 87.8 cm³/mol. The molecule has 124 valence electrons. The van der Waals surface area contributed by atoms with Crippen LogP contribution in [0.3, 0.4) is 0 Å². The van der Waals surface area contributed by atoms with Gasteiger partial charge in [0.2, 0.25) is 0 Å². The first-order chi connectivity index (χ1) is 11.6. The first-order valence-corrected chi connectivity index (χ1v) is 8.24. The van der Waals surface area contributed by atoms with Crippen molar-refractivity contribution in [1.29, 1.82) is 5.26 Å². The predicted octanol–water partition coefficient (Wildman–Crippen LogP) is 4.26. The van der Waals surface area contributed by atoms with E-state index in [2.05, 4.69) is 4.98 Å². The average molecular weight is 326 g/mol. The molecular formula is C19H19FN2O2. The van der Waals surface area contributed by atoms with Gasteiger partial charge in [0, 0.05) is 18.0 Å². The monoisotopic (exact) mass is 326 g/mol. The molecule has 0 aliphatic heterocycles. The number of aliphatic carboxylic acids is 1. The summed E-state index contributed by atoms with van der Waals surface area (Å²) in [6, 6.07) is 8.56. The number of halogens is 1. The van der Waals surface area contributed by atoms with Gasteiger partial charge in [-0.15, -0.1) is 0 Å². The van der Waals surface area contributed by atoms with Crippen LogP contribution in [0.15, 0.2) is 30.5 Å². The Balaban J connectivity index is 1.79. The summed E-state index contributed by atoms with van der Waals surface area (Å²) in [5.74, 6) is -1.40. The van der Waals surface area contributed by atoms with Crippen molar-refractivity contribution in [1.82, 2.24) is 4.98 Å². The van der Waals surface area contributed by atoms with Crippen LogP contribution in [0, 0.1) is 29.0 Å². The normalized spacial score (nSPS) is 22.0. The first kappa shape index (κ1) is 16.4. The molecule has 1 aromatic carbocycles. The quantitative estimate of drug-likeness (QED) is 0.911. The number of aromatic nitrogens is 1. The highest BCUT2D eigenvalue weighted by atomic mass is 19.1. The third-order valence-corrected chi connectivity index (χ3v) is 5.15. The highest BCUT2D eigenvalue weighted by Gasteiger charge is 2.32. The molecule has 24 heavy (non-hydrogen) atoms. The first-order valence-electron chi connectivity index (χ1n) is 8.24. The molecule has 0 radical (unpaired) electrons. The van der Waals surface area contributed by atoms with Crippen LogP contribution < -0.4 is 0 Å². The average Bonchev–Trinajstić information content (AvgIpc) is 2.59. The fourth-order valence-electron chi connectivity index (χ4n) is 3.88. The standard InChI is InChI=1S/C19H19FN2O2/c20-14-5-6-18-17(11-14)15(8-10-22-18)12-1-3-13(4-2-12)16(7-9-21)19(23)24/h5-6,8,10-13,16H,1-4,7H2,(H,23,24). The summed E-state index contributed by atoms with van der Waals surface area (Å²) in [7, 11) is 0. The van der Waals surface area contributed by atoms with Gasteiger partial charge in [-0.3, -0.25) is 9.78 Å². The molecule has 1 atom stereocenters. The largest absolute Gasteiger partial charge is 0.481 e. The molecule has 0 saturated heterocycles. The number of fused-ring (bicyclic) bond motifs is 1. The number of carboxylic acid groups (broad SMARTS) is 1. The van der Waals surface area contributed by atoms with E-state index < -0.39 is 11.9 Å². The second-order valence-electron chi connectivity index (χ2n) is 6.48. The van der Waals surface area contributed by atoms with E-state index >= 15 is 0 Å². The summed E-state index contributed by atoms with van der Waals surface area (Å²) in [6.45, 7) is 0. The molecule has 0 amide bonds. The maximum Gasteiger partial charge on any atom is 0.307 e. The lowest BCUT2D eigenvalue weighted by Gasteiger charge is -2.32. The van der Waals surface area contributed by atoms with Gasteiger partial charge in [-0.2, -0.15) is 5.26 Å². The van der Waals surface area contributed by atoms with E-state index in [-0.39, 0.29) is 24.1 Å². The van der Waals surface area contributed by atoms with Crippen LogP contribution in [0.4, 0.5) is 4.39 Å². The van der Waals surface area contributed by atoms with Gasteiger partial charge in [0.1, 0.15) is 5.82 Å². The zero-order valence-corrected chi connectivity index (χ0v) is 13.3. The van der Waals surface area contributed by atoms with Crippen LogP contribution in [0.1, 0.15) is 43.6 Å². The zero-order valence-electron chi connectivity index (χ0n) is 13.3. The molecule has 1 heterocycles. The van der Waals surface area contributed by atoms with Crippen molar-refractivity contribution in [3.05, 3.63) is 41.8 Å². The fourth-order valence-corrected chi connectivity index (χ4v) is 3.88. The van der Waals surface area contributed by atoms with Gasteiger partial charge in [-0.1, -0.05) is 0 Å². The number of nitriles is 1. The Labute approximate surface area is 139 Å². The van der Waals surface area contributed by atoms with Gasteiger partial charge < -0.3 is 5.11 Å². The molecule has 1 N–H and O–H groups in total. The minimum Gasteiger partial charge on any atom is -0.481 e. The molecular weight excluding hydrogens is 307 g/mol. The lowest BCUT2D eigenvalue weighted by atomic mass is 9.72. The Bertz CT molecular complexity index is 792. The molecule has 0 spiro atoms. The lowest BCUT2D eigenvalue weighted by Crippen LogP contribution is -2.27. The van der Waals surface area contributed by atoms with Gasteiger partial charge >= 0.3 is 5.97 Å². The number of benzene rings is 1. The minimum atomic E-state index is -0.878. The topological polar surface area (TPSA) is 74.0 Å². The molecule has 1 aliphatic carbocycles. The Morgan fingerprint density at radius 3 is 2.75 bits per heavy atom. The maximum absolute atomic E-state index is 13.6. The molecule has 5 heteroatoms. The smallest absolute Gasteiger partial charge is 0.307 e. The van der Waals surface area contributed by atoms with Crippen LogP contribution in [-0.2, 0) is 4.79 Å². The van der Waals surface area contributed by atoms with Crippen LogP contribution in [0.25, 0.3) is 10.9 Å². The highest BCUT2D eigenvalue weighted by Crippen LogP contribution is 2.41. The number of hydrogen-bond donors (Lipinski definition) is 1. The second-order valence-corrected chi connectivity index (χ2v) is 6.48. The Morgan fingerprint density at radius 1 is 1.33 bits per heavy atom. The van der Waals surface area contributed by atoms with Crippen LogP contribution in [0.5, 0.6) is 0 Å². The Kier molecular flexibility index (Phi) is 4.75. The number of nitrogens with zero attached hydrogens (tertiary/aromatic N) is 2. The van der Waals surface area contributed by atoms with E-state index in [0.717, 1.165) is 42.1 Å². The van der Waals surface area contributed by atoms with E-state index in [9.17, 15) is 14.3 Å². The van der Waals surface area contributed by atoms with E-state index in [1.165, 1.54) is 12.1 Å². The van der Waals surface area contributed by atoms with Crippen molar-refractivity contribution in [2.75, 3.05) is 0 Å². The lowest BCUT2D eigenvalue weighted by molar-refractivity contribution is -0.144. The molecule has 1 unspecified atom stereocenters. The van der Waals surface area contributed by atoms with Crippen molar-refractivity contribution in [2.45, 2.75) is 38.0 Å². The summed E-state index contributed by atoms with van der Waals surface area (Å²) in [6.07, 6.45) is 5.08. The zero-order chi connectivity index (χ0) is 17.1. The number of hydrogen-bond acceptors (Lipinski definition) is 3. The van der Waals surface area contributed by atoms with E-state index in [4.69, 9.17) is 5.26 Å². The summed E-state index contributed by atoms with van der Waals surface area (Å²) in [4.78, 5) is 15.6. The minimum absolute atomic E-state index is 0.0447. The molecule has 1 fully saturated rings. The Morgan fingerprint density at radius 2 is 2.08 bits per heavy atom. The molecule has 2 aromatic rings. The van der Waals surface area contributed by atoms with Gasteiger partial charge in [0.15, 0.2) is 0 Å². The summed E-state index contributed by atoms with van der Waals surface area (Å²) >= 11 is 0. The third-order valence-electron chi connectivity index (χ3n) is 5.15. The van der Waals surface area contributed by atoms with Crippen LogP contribution in [-0.4, -0.2) is 16.1 Å². The third kappa shape index (κ3) is 3.23. The summed E-state index contributed by atoms with van der Waals surface area (Å²) in [5, 5.41) is 19.0. The molecule has 1 aromatic heterocycles. The van der Waals surface area contributed by atoms with Crippen molar-refractivity contribution >= 4 is 16.9 Å². The summed E-state index contributed by atoms with van der Waals surface area (Å²) < 4.78 is 13.6. The maximum atomic E-state index is 13.6. The molecule has 1 aliphatic rings. The van der Waals surface area contributed by atoms with E-state index in [1.54, 1.807) is 12.3 Å². The Hall–Kier alpha value is -2.48. The van der Waals surface area contributed by atoms with Crippen molar-refractivity contribution in [2.24, 2.45) is 11.8 Å². The van der Waals surface area contributed by atoms with Crippen LogP contribution in [0.2, 0.25) is 0 Å².